The van der Waals surface area contributed by atoms with Gasteiger partial charge in [0.25, 0.3) is 0 Å². The van der Waals surface area contributed by atoms with Crippen molar-refractivity contribution in [3.8, 4) is 0 Å². The van der Waals surface area contributed by atoms with E-state index in [1.165, 1.54) is 68.2 Å². The van der Waals surface area contributed by atoms with E-state index in [1.807, 2.05) is 12.1 Å². The number of nitrogens with zero attached hydrogens (tertiary/aromatic N) is 1. The minimum atomic E-state index is 0.840. The van der Waals surface area contributed by atoms with Gasteiger partial charge < -0.3 is 4.48 Å². The van der Waals surface area contributed by atoms with Crippen LogP contribution in [-0.2, 0) is 6.54 Å². The lowest BCUT2D eigenvalue weighted by atomic mass is 10.1. The van der Waals surface area contributed by atoms with Gasteiger partial charge in [-0.05, 0) is 31.4 Å². The average Bonchev–Trinajstić information content (AvgIpc) is 2.51. The Kier molecular flexibility index (Phi) is 9.03. The molecular formula is C19H33ClN+. The van der Waals surface area contributed by atoms with E-state index in [-0.39, 0.29) is 0 Å². The van der Waals surface area contributed by atoms with Gasteiger partial charge in [0.2, 0.25) is 0 Å². The topological polar surface area (TPSA) is 0 Å². The van der Waals surface area contributed by atoms with Crippen LogP contribution in [0.1, 0.15) is 64.9 Å². The molecule has 0 bridgehead atoms. The van der Waals surface area contributed by atoms with Gasteiger partial charge in [-0.2, -0.15) is 0 Å². The van der Waals surface area contributed by atoms with Gasteiger partial charge in [0.15, 0.2) is 0 Å². The van der Waals surface area contributed by atoms with Crippen molar-refractivity contribution >= 4 is 11.6 Å². The van der Waals surface area contributed by atoms with Crippen molar-refractivity contribution in [3.05, 3.63) is 34.9 Å². The van der Waals surface area contributed by atoms with E-state index >= 15 is 0 Å². The summed E-state index contributed by atoms with van der Waals surface area (Å²) in [6.07, 6.45) is 7.87. The summed E-state index contributed by atoms with van der Waals surface area (Å²) in [5, 5.41) is 0.840. The Morgan fingerprint density at radius 1 is 0.762 bits per heavy atom. The first-order valence-electron chi connectivity index (χ1n) is 8.75. The molecule has 0 saturated carbocycles. The summed E-state index contributed by atoms with van der Waals surface area (Å²) in [7, 11) is 0. The molecule has 1 aromatic rings. The second-order valence-corrected chi connectivity index (χ2v) is 6.79. The Labute approximate surface area is 136 Å². The average molecular weight is 311 g/mol. The molecule has 0 aliphatic carbocycles. The summed E-state index contributed by atoms with van der Waals surface area (Å²) >= 11 is 6.03. The zero-order chi connectivity index (χ0) is 15.6. The summed E-state index contributed by atoms with van der Waals surface area (Å²) in [6, 6.07) is 8.48. The first-order chi connectivity index (χ1) is 10.2. The molecule has 2 heteroatoms. The highest BCUT2D eigenvalue weighted by molar-refractivity contribution is 6.30. The van der Waals surface area contributed by atoms with Crippen LogP contribution in [0.2, 0.25) is 5.02 Å². The summed E-state index contributed by atoms with van der Waals surface area (Å²) in [5.74, 6) is 0. The molecule has 0 aliphatic rings. The van der Waals surface area contributed by atoms with Gasteiger partial charge in [0.05, 0.1) is 19.6 Å². The molecule has 0 aromatic heterocycles. The molecule has 0 atom stereocenters. The van der Waals surface area contributed by atoms with Crippen LogP contribution in [0.15, 0.2) is 24.3 Å². The minimum Gasteiger partial charge on any atom is -0.320 e. The molecule has 21 heavy (non-hydrogen) atoms. The standard InChI is InChI=1S/C19H33ClN/c1-4-7-14-21(15-8-5-2,16-9-6-3)17-18-10-12-19(20)13-11-18/h10-13H,4-9,14-17H2,1-3H3/q+1. The fourth-order valence-corrected chi connectivity index (χ4v) is 3.16. The molecule has 0 unspecified atom stereocenters. The molecule has 120 valence electrons. The molecule has 1 aromatic carbocycles. The van der Waals surface area contributed by atoms with Crippen LogP contribution in [0.4, 0.5) is 0 Å². The summed E-state index contributed by atoms with van der Waals surface area (Å²) in [4.78, 5) is 0. The van der Waals surface area contributed by atoms with Crippen molar-refractivity contribution in [1.29, 1.82) is 0 Å². The summed E-state index contributed by atoms with van der Waals surface area (Å²) in [5.41, 5.74) is 1.43. The van der Waals surface area contributed by atoms with Gasteiger partial charge in [-0.15, -0.1) is 0 Å². The van der Waals surface area contributed by atoms with E-state index in [2.05, 4.69) is 32.9 Å². The van der Waals surface area contributed by atoms with Crippen molar-refractivity contribution in [2.24, 2.45) is 0 Å². The van der Waals surface area contributed by atoms with Gasteiger partial charge in [-0.25, -0.2) is 0 Å². The molecular weight excluding hydrogens is 278 g/mol. The van der Waals surface area contributed by atoms with Crippen LogP contribution in [0, 0.1) is 0 Å². The summed E-state index contributed by atoms with van der Waals surface area (Å²) < 4.78 is 1.26. The molecule has 0 amide bonds. The van der Waals surface area contributed by atoms with E-state index in [4.69, 9.17) is 11.6 Å². The monoisotopic (exact) mass is 310 g/mol. The third-order valence-electron chi connectivity index (χ3n) is 4.39. The maximum atomic E-state index is 6.03. The number of halogens is 1. The molecule has 1 rings (SSSR count). The maximum absolute atomic E-state index is 6.03. The Bertz CT molecular complexity index is 350. The second-order valence-electron chi connectivity index (χ2n) is 6.36. The van der Waals surface area contributed by atoms with Gasteiger partial charge in [0.1, 0.15) is 6.54 Å². The molecule has 0 heterocycles. The maximum Gasteiger partial charge on any atom is 0.104 e. The largest absolute Gasteiger partial charge is 0.320 e. The van der Waals surface area contributed by atoms with Crippen molar-refractivity contribution in [1.82, 2.24) is 0 Å². The number of quaternary nitrogens is 1. The fraction of sp³-hybridized carbons (Fsp3) is 0.684. The molecule has 0 aliphatic heterocycles. The number of benzene rings is 1. The highest BCUT2D eigenvalue weighted by Gasteiger charge is 2.26. The van der Waals surface area contributed by atoms with Gasteiger partial charge >= 0.3 is 0 Å². The van der Waals surface area contributed by atoms with E-state index in [9.17, 15) is 0 Å². The summed E-state index contributed by atoms with van der Waals surface area (Å²) in [6.45, 7) is 12.0. The van der Waals surface area contributed by atoms with Crippen LogP contribution in [-0.4, -0.2) is 24.1 Å². The third kappa shape index (κ3) is 6.84. The van der Waals surface area contributed by atoms with E-state index < -0.39 is 0 Å². The van der Waals surface area contributed by atoms with Crippen LogP contribution < -0.4 is 0 Å². The Morgan fingerprint density at radius 3 is 1.57 bits per heavy atom. The molecule has 0 spiro atoms. The lowest BCUT2D eigenvalue weighted by Gasteiger charge is -2.39. The number of unbranched alkanes of at least 4 members (excludes halogenated alkanes) is 3. The zero-order valence-electron chi connectivity index (χ0n) is 14.2. The second kappa shape index (κ2) is 10.2. The van der Waals surface area contributed by atoms with Crippen LogP contribution in [0.5, 0.6) is 0 Å². The lowest BCUT2D eigenvalue weighted by molar-refractivity contribution is -0.941. The third-order valence-corrected chi connectivity index (χ3v) is 4.64. The quantitative estimate of drug-likeness (QED) is 0.436. The SMILES string of the molecule is CCCC[N+](CCCC)(CCCC)Cc1ccc(Cl)cc1. The number of hydrogen-bond donors (Lipinski definition) is 0. The van der Waals surface area contributed by atoms with Crippen LogP contribution in [0.3, 0.4) is 0 Å². The van der Waals surface area contributed by atoms with E-state index in [0.717, 1.165) is 11.6 Å². The molecule has 1 nitrogen and oxygen atoms in total. The minimum absolute atomic E-state index is 0.840. The molecule has 0 fully saturated rings. The van der Waals surface area contributed by atoms with Crippen molar-refractivity contribution < 1.29 is 4.48 Å². The van der Waals surface area contributed by atoms with E-state index in [0.29, 0.717) is 0 Å². The Balaban J connectivity index is 2.85. The van der Waals surface area contributed by atoms with Crippen LogP contribution in [0.25, 0.3) is 0 Å². The fourth-order valence-electron chi connectivity index (χ4n) is 3.03. The molecule has 0 saturated heterocycles. The van der Waals surface area contributed by atoms with Crippen molar-refractivity contribution in [2.45, 2.75) is 65.8 Å². The Hall–Kier alpha value is -0.530. The highest BCUT2D eigenvalue weighted by Crippen LogP contribution is 2.21. The first kappa shape index (κ1) is 18.5. The van der Waals surface area contributed by atoms with Crippen LogP contribution >= 0.6 is 11.6 Å². The number of rotatable bonds is 11. The van der Waals surface area contributed by atoms with Crippen molar-refractivity contribution in [2.75, 3.05) is 19.6 Å². The molecule has 0 radical (unpaired) electrons. The number of hydrogen-bond acceptors (Lipinski definition) is 0. The van der Waals surface area contributed by atoms with Gasteiger partial charge in [-0.3, -0.25) is 0 Å². The highest BCUT2D eigenvalue weighted by atomic mass is 35.5. The Morgan fingerprint density at radius 2 is 1.19 bits per heavy atom. The van der Waals surface area contributed by atoms with E-state index in [1.54, 1.807) is 0 Å². The predicted octanol–water partition coefficient (Wildman–Crippen LogP) is 6.06. The predicted molar refractivity (Wildman–Crippen MR) is 94.7 cm³/mol. The zero-order valence-corrected chi connectivity index (χ0v) is 15.0. The first-order valence-corrected chi connectivity index (χ1v) is 9.13. The van der Waals surface area contributed by atoms with Gasteiger partial charge in [-0.1, -0.05) is 63.8 Å². The van der Waals surface area contributed by atoms with Crippen molar-refractivity contribution in [3.63, 3.8) is 0 Å². The molecule has 0 N–H and O–H groups in total. The van der Waals surface area contributed by atoms with Gasteiger partial charge in [0, 0.05) is 10.6 Å². The lowest BCUT2D eigenvalue weighted by Crippen LogP contribution is -2.49. The normalized spacial score (nSPS) is 11.8. The smallest absolute Gasteiger partial charge is 0.104 e.